The van der Waals surface area contributed by atoms with Crippen LogP contribution in [0.5, 0.6) is 0 Å². The minimum Gasteiger partial charge on any atom is -0.444 e. The highest BCUT2D eigenvalue weighted by molar-refractivity contribution is 5.91. The molecule has 4 amide bonds. The SMILES string of the molecule is CCC1CCN(C(=O)[C@H](CCCCC/C=C\[C@@H]2C[C@@H]2C(N)=O)NC(=O)OC(C)(C)C)[C@@H]1C(N)=O. The highest BCUT2D eigenvalue weighted by atomic mass is 16.6. The van der Waals surface area contributed by atoms with Crippen LogP contribution < -0.4 is 16.8 Å². The molecule has 2 fully saturated rings. The average Bonchev–Trinajstić information content (AvgIpc) is 3.38. The number of alkyl carbamates (subject to hydrolysis) is 1. The number of rotatable bonds is 12. The minimum absolute atomic E-state index is 0.0101. The molecule has 2 rings (SSSR count). The normalized spacial score (nSPS) is 25.2. The van der Waals surface area contributed by atoms with Crippen LogP contribution in [0.1, 0.15) is 79.1 Å². The maximum absolute atomic E-state index is 13.4. The summed E-state index contributed by atoms with van der Waals surface area (Å²) in [5.41, 5.74) is 10.2. The first-order chi connectivity index (χ1) is 15.9. The summed E-state index contributed by atoms with van der Waals surface area (Å²) in [7, 11) is 0. The number of nitrogens with two attached hydrogens (primary N) is 2. The summed E-state index contributed by atoms with van der Waals surface area (Å²) in [5.74, 6) is -0.709. The lowest BCUT2D eigenvalue weighted by molar-refractivity contribution is -0.140. The van der Waals surface area contributed by atoms with Gasteiger partial charge >= 0.3 is 6.09 Å². The van der Waals surface area contributed by atoms with Crippen molar-refractivity contribution in [3.05, 3.63) is 12.2 Å². The molecular weight excluding hydrogens is 436 g/mol. The van der Waals surface area contributed by atoms with E-state index in [0.717, 1.165) is 44.9 Å². The summed E-state index contributed by atoms with van der Waals surface area (Å²) in [5, 5.41) is 2.72. The molecule has 9 nitrogen and oxygen atoms in total. The van der Waals surface area contributed by atoms with Gasteiger partial charge in [-0.2, -0.15) is 0 Å². The van der Waals surface area contributed by atoms with Crippen molar-refractivity contribution in [2.45, 2.75) is 96.7 Å². The molecule has 1 saturated carbocycles. The molecule has 0 aromatic carbocycles. The monoisotopic (exact) mass is 478 g/mol. The number of ether oxygens (including phenoxy) is 1. The van der Waals surface area contributed by atoms with Gasteiger partial charge in [0.2, 0.25) is 17.7 Å². The first kappa shape index (κ1) is 27.7. The van der Waals surface area contributed by atoms with Gasteiger partial charge in [-0.1, -0.05) is 38.3 Å². The maximum atomic E-state index is 13.4. The van der Waals surface area contributed by atoms with Crippen LogP contribution >= 0.6 is 0 Å². The molecule has 0 spiro atoms. The highest BCUT2D eigenvalue weighted by Crippen LogP contribution is 2.39. The van der Waals surface area contributed by atoms with E-state index in [1.165, 1.54) is 4.90 Å². The molecule has 1 heterocycles. The number of allylic oxidation sites excluding steroid dienone is 2. The predicted molar refractivity (Wildman–Crippen MR) is 129 cm³/mol. The fraction of sp³-hybridized carbons (Fsp3) is 0.760. The van der Waals surface area contributed by atoms with Crippen molar-refractivity contribution < 1.29 is 23.9 Å². The number of amides is 4. The third kappa shape index (κ3) is 8.33. The van der Waals surface area contributed by atoms with Crippen LogP contribution in [-0.4, -0.2) is 52.9 Å². The molecule has 2 aliphatic rings. The number of likely N-dealkylation sites (tertiary alicyclic amines) is 1. The highest BCUT2D eigenvalue weighted by Gasteiger charge is 2.42. The largest absolute Gasteiger partial charge is 0.444 e. The van der Waals surface area contributed by atoms with Gasteiger partial charge in [0, 0.05) is 12.5 Å². The van der Waals surface area contributed by atoms with Crippen molar-refractivity contribution in [1.29, 1.82) is 0 Å². The second-order valence-electron chi connectivity index (χ2n) is 10.5. The Balaban J connectivity index is 1.90. The van der Waals surface area contributed by atoms with Crippen molar-refractivity contribution in [3.63, 3.8) is 0 Å². The smallest absolute Gasteiger partial charge is 0.408 e. The quantitative estimate of drug-likeness (QED) is 0.292. The van der Waals surface area contributed by atoms with Gasteiger partial charge in [0.05, 0.1) is 0 Å². The first-order valence-electron chi connectivity index (χ1n) is 12.5. The predicted octanol–water partition coefficient (Wildman–Crippen LogP) is 2.62. The Labute approximate surface area is 203 Å². The molecule has 9 heteroatoms. The Bertz CT molecular complexity index is 776. The van der Waals surface area contributed by atoms with Gasteiger partial charge in [0.25, 0.3) is 0 Å². The topological polar surface area (TPSA) is 145 Å². The van der Waals surface area contributed by atoms with Crippen LogP contribution in [0.3, 0.4) is 0 Å². The lowest BCUT2D eigenvalue weighted by Crippen LogP contribution is -2.54. The zero-order valence-electron chi connectivity index (χ0n) is 21.0. The van der Waals surface area contributed by atoms with Gasteiger partial charge in [0.1, 0.15) is 17.7 Å². The summed E-state index contributed by atoms with van der Waals surface area (Å²) in [6.07, 6.45) is 9.70. The molecular formula is C25H42N4O5. The first-order valence-corrected chi connectivity index (χ1v) is 12.5. The molecule has 1 aliphatic heterocycles. The maximum Gasteiger partial charge on any atom is 0.408 e. The van der Waals surface area contributed by atoms with Gasteiger partial charge in [-0.05, 0) is 64.7 Å². The molecule has 5 atom stereocenters. The molecule has 0 radical (unpaired) electrons. The Morgan fingerprint density at radius 3 is 2.38 bits per heavy atom. The van der Waals surface area contributed by atoms with E-state index in [1.54, 1.807) is 20.8 Å². The molecule has 1 unspecified atom stereocenters. The second kappa shape index (κ2) is 12.2. The van der Waals surface area contributed by atoms with Gasteiger partial charge in [-0.3, -0.25) is 14.4 Å². The van der Waals surface area contributed by atoms with Gasteiger partial charge in [-0.25, -0.2) is 4.79 Å². The van der Waals surface area contributed by atoms with Gasteiger partial charge in [0.15, 0.2) is 0 Å². The molecule has 0 bridgehead atoms. The van der Waals surface area contributed by atoms with Crippen LogP contribution in [0.2, 0.25) is 0 Å². The third-order valence-electron chi connectivity index (χ3n) is 6.56. The van der Waals surface area contributed by atoms with Crippen LogP contribution in [0.15, 0.2) is 12.2 Å². The number of hydrogen-bond acceptors (Lipinski definition) is 5. The number of nitrogens with zero attached hydrogens (tertiary/aromatic N) is 1. The van der Waals surface area contributed by atoms with Crippen molar-refractivity contribution >= 4 is 23.8 Å². The second-order valence-corrected chi connectivity index (χ2v) is 10.5. The van der Waals surface area contributed by atoms with Crippen LogP contribution in [0.25, 0.3) is 0 Å². The van der Waals surface area contributed by atoms with E-state index < -0.39 is 29.7 Å². The summed E-state index contributed by atoms with van der Waals surface area (Å²) >= 11 is 0. The van der Waals surface area contributed by atoms with E-state index in [1.807, 2.05) is 6.92 Å². The minimum atomic E-state index is -0.773. The standard InChI is InChI=1S/C25H42N4O5/c1-5-16-13-14-29(20(16)22(27)31)23(32)19(28-24(33)34-25(2,3)4)12-10-8-6-7-9-11-17-15-18(17)21(26)30/h9,11,16-20H,5-8,10,12-15H2,1-4H3,(H2,26,30)(H2,27,31)(H,28,33)/b11-9-/t16?,17-,18+,19+,20+/m1/s1. The average molecular weight is 479 g/mol. The summed E-state index contributed by atoms with van der Waals surface area (Å²) in [6.45, 7) is 7.73. The lowest BCUT2D eigenvalue weighted by Gasteiger charge is -2.30. The van der Waals surface area contributed by atoms with Crippen molar-refractivity contribution in [2.75, 3.05) is 6.54 Å². The zero-order chi connectivity index (χ0) is 25.5. The number of primary amides is 2. The van der Waals surface area contributed by atoms with Crippen LogP contribution in [0, 0.1) is 17.8 Å². The molecule has 34 heavy (non-hydrogen) atoms. The Morgan fingerprint density at radius 1 is 1.12 bits per heavy atom. The zero-order valence-corrected chi connectivity index (χ0v) is 21.0. The molecule has 5 N–H and O–H groups in total. The summed E-state index contributed by atoms with van der Waals surface area (Å²) < 4.78 is 5.36. The number of carbonyl (C=O) groups excluding carboxylic acids is 4. The molecule has 0 aromatic rings. The van der Waals surface area contributed by atoms with E-state index in [0.29, 0.717) is 13.0 Å². The van der Waals surface area contributed by atoms with E-state index in [2.05, 4.69) is 17.5 Å². The molecule has 1 saturated heterocycles. The number of carbonyl (C=O) groups is 4. The Hall–Kier alpha value is -2.58. The van der Waals surface area contributed by atoms with E-state index >= 15 is 0 Å². The number of nitrogens with one attached hydrogen (secondary N) is 1. The third-order valence-corrected chi connectivity index (χ3v) is 6.56. The fourth-order valence-electron chi connectivity index (χ4n) is 4.64. The van der Waals surface area contributed by atoms with E-state index in [9.17, 15) is 19.2 Å². The molecule has 0 aromatic heterocycles. The van der Waals surface area contributed by atoms with Crippen molar-refractivity contribution in [2.24, 2.45) is 29.2 Å². The summed E-state index contributed by atoms with van der Waals surface area (Å²) in [4.78, 5) is 50.5. The Morgan fingerprint density at radius 2 is 1.82 bits per heavy atom. The van der Waals surface area contributed by atoms with Crippen molar-refractivity contribution in [1.82, 2.24) is 10.2 Å². The van der Waals surface area contributed by atoms with Gasteiger partial charge in [-0.15, -0.1) is 0 Å². The number of unbranched alkanes of at least 4 members (excludes halogenated alkanes) is 3. The van der Waals surface area contributed by atoms with E-state index in [4.69, 9.17) is 16.2 Å². The van der Waals surface area contributed by atoms with Crippen LogP contribution in [-0.2, 0) is 19.1 Å². The Kier molecular flexibility index (Phi) is 9.94. The molecule has 1 aliphatic carbocycles. The van der Waals surface area contributed by atoms with E-state index in [-0.39, 0.29) is 29.6 Å². The summed E-state index contributed by atoms with van der Waals surface area (Å²) in [6, 6.07) is -1.41. The lowest BCUT2D eigenvalue weighted by atomic mass is 9.96. The number of hydrogen-bond donors (Lipinski definition) is 3. The van der Waals surface area contributed by atoms with Gasteiger partial charge < -0.3 is 26.4 Å². The fourth-order valence-corrected chi connectivity index (χ4v) is 4.64. The molecule has 192 valence electrons. The van der Waals surface area contributed by atoms with Crippen LogP contribution in [0.4, 0.5) is 4.79 Å². The van der Waals surface area contributed by atoms with Crippen molar-refractivity contribution in [3.8, 4) is 0 Å².